The molecule has 0 bridgehead atoms. The van der Waals surface area contributed by atoms with E-state index in [0.717, 1.165) is 0 Å². The summed E-state index contributed by atoms with van der Waals surface area (Å²) in [5.74, 6) is 0. The van der Waals surface area contributed by atoms with E-state index in [1.165, 1.54) is 23.9 Å². The Hall–Kier alpha value is 0.0635. The number of hydrogen-bond acceptors (Lipinski definition) is 2. The molecule has 0 aromatic heterocycles. The van der Waals surface area contributed by atoms with Crippen molar-refractivity contribution in [1.29, 1.82) is 0 Å². The second-order valence-electron chi connectivity index (χ2n) is 9.21. The molecule has 0 atom stereocenters. The maximum Gasteiger partial charge on any atom is 0.148 e. The molecule has 2 nitrogen and oxygen atoms in total. The van der Waals surface area contributed by atoms with Gasteiger partial charge >= 0.3 is 0 Å². The van der Waals surface area contributed by atoms with Crippen LogP contribution in [0.4, 0.5) is 0 Å². The predicted molar refractivity (Wildman–Crippen MR) is 128 cm³/mol. The molecule has 3 fully saturated rings. The molecule has 0 saturated heterocycles. The first-order chi connectivity index (χ1) is 14.2. The molecule has 1 aromatic rings. The predicted octanol–water partition coefficient (Wildman–Crippen LogP) is 7.00. The Bertz CT molecular complexity index is 409. The van der Waals surface area contributed by atoms with Gasteiger partial charge in [0.2, 0.25) is 0 Å². The molecule has 0 heterocycles. The first-order valence-electron chi connectivity index (χ1n) is 12.3. The molecule has 0 unspecified atom stereocenters. The Morgan fingerprint density at radius 2 is 0.933 bits per heavy atom. The van der Waals surface area contributed by atoms with Crippen molar-refractivity contribution in [3.05, 3.63) is 36.4 Å². The molecule has 0 radical (unpaired) electrons. The van der Waals surface area contributed by atoms with Crippen LogP contribution in [0.3, 0.4) is 0 Å². The molecular formula is C26H45NiO2P. The van der Waals surface area contributed by atoms with Crippen LogP contribution in [-0.4, -0.2) is 33.5 Å². The van der Waals surface area contributed by atoms with Gasteiger partial charge in [0, 0.05) is 24.4 Å². The average Bonchev–Trinajstić information content (AvgIpc) is 2.78. The van der Waals surface area contributed by atoms with Crippen LogP contribution >= 0.6 is 7.92 Å². The molecule has 2 N–H and O–H groups in total. The number of benzene rings is 1. The molecule has 4 heteroatoms. The van der Waals surface area contributed by atoms with Gasteiger partial charge in [-0.1, -0.05) is 19.3 Å². The van der Waals surface area contributed by atoms with E-state index in [4.69, 9.17) is 10.2 Å². The fraction of sp³-hybridized carbons (Fsp3) is 0.769. The topological polar surface area (TPSA) is 40.5 Å². The summed E-state index contributed by atoms with van der Waals surface area (Å²) in [7, 11) is -0.0465. The molecule has 0 spiro atoms. The van der Waals surface area contributed by atoms with Gasteiger partial charge in [-0.2, -0.15) is 36.4 Å². The minimum Gasteiger partial charge on any atom is -0.368 e. The quantitative estimate of drug-likeness (QED) is 0.212. The Kier molecular flexibility index (Phi) is 16.5. The summed E-state index contributed by atoms with van der Waals surface area (Å²) in [5, 5.41) is 15.2. The molecule has 3 saturated carbocycles. The third kappa shape index (κ3) is 11.6. The Balaban J connectivity index is 0.000000341. The van der Waals surface area contributed by atoms with Gasteiger partial charge in [-0.05, 0) is 84.0 Å². The van der Waals surface area contributed by atoms with Crippen LogP contribution in [-0.2, 0) is 16.5 Å². The molecule has 0 aliphatic heterocycles. The van der Waals surface area contributed by atoms with Crippen molar-refractivity contribution in [2.24, 2.45) is 0 Å². The second-order valence-corrected chi connectivity index (χ2v) is 12.7. The number of hydrogen-bond donors (Lipinski definition) is 2. The van der Waals surface area contributed by atoms with Crippen LogP contribution in [0.5, 0.6) is 0 Å². The van der Waals surface area contributed by atoms with Crippen LogP contribution in [0.15, 0.2) is 30.3 Å². The van der Waals surface area contributed by atoms with Crippen molar-refractivity contribution in [2.75, 3.05) is 0 Å². The zero-order valence-corrected chi connectivity index (χ0v) is 21.0. The Morgan fingerprint density at radius 3 is 1.13 bits per heavy atom. The standard InChI is InChI=1S/C18H33P.C6H5.C2H6O2.Ni/c1-4-10-16(11-5-1)19(17-12-6-2-7-13-17)18-14-8-3-9-15-18;1-2-4-6-5-3-1;1-2(3)4;/h16-18H,1-15H2;1-5H;2-4H,1H3;/q;-1;;/p+1. The normalized spacial score (nSPS) is 21.1. The average molecular weight is 479 g/mol. The van der Waals surface area contributed by atoms with Crippen LogP contribution in [0.25, 0.3) is 0 Å². The van der Waals surface area contributed by atoms with Crippen LogP contribution in [0, 0.1) is 6.07 Å². The SMILES string of the molecule is C1CCC([PH+](C2CCCCC2)C2CCCCC2)CC1.CC(O)O.[Ni].[c-]1ccccc1. The second kappa shape index (κ2) is 17.6. The molecular weight excluding hydrogens is 434 g/mol. The maximum absolute atomic E-state index is 7.61. The zero-order chi connectivity index (χ0) is 20.7. The fourth-order valence-electron chi connectivity index (χ4n) is 5.65. The largest absolute Gasteiger partial charge is 0.368 e. The Labute approximate surface area is 197 Å². The van der Waals surface area contributed by atoms with E-state index in [0.29, 0.717) is 0 Å². The summed E-state index contributed by atoms with van der Waals surface area (Å²) in [5.41, 5.74) is 3.68. The zero-order valence-electron chi connectivity index (χ0n) is 19.0. The van der Waals surface area contributed by atoms with Gasteiger partial charge in [-0.15, -0.1) is 0 Å². The summed E-state index contributed by atoms with van der Waals surface area (Å²) in [4.78, 5) is 0. The van der Waals surface area contributed by atoms with Crippen LogP contribution in [0.1, 0.15) is 103 Å². The van der Waals surface area contributed by atoms with E-state index in [2.05, 4.69) is 6.07 Å². The number of aliphatic hydroxyl groups is 2. The molecule has 3 aliphatic carbocycles. The number of rotatable bonds is 3. The minimum absolute atomic E-state index is 0. The molecule has 1 aromatic carbocycles. The third-order valence-electron chi connectivity index (χ3n) is 6.84. The van der Waals surface area contributed by atoms with Gasteiger partial charge < -0.3 is 10.2 Å². The van der Waals surface area contributed by atoms with Gasteiger partial charge in [0.25, 0.3) is 0 Å². The van der Waals surface area contributed by atoms with Gasteiger partial charge in [-0.25, -0.2) is 0 Å². The summed E-state index contributed by atoms with van der Waals surface area (Å²) in [6.07, 6.45) is 22.6. The van der Waals surface area contributed by atoms with Crippen molar-refractivity contribution in [3.63, 3.8) is 0 Å². The summed E-state index contributed by atoms with van der Waals surface area (Å²) < 4.78 is 0. The van der Waals surface area contributed by atoms with E-state index in [1.807, 2.05) is 30.3 Å². The molecule has 3 aliphatic rings. The Morgan fingerprint density at radius 1 is 0.633 bits per heavy atom. The van der Waals surface area contributed by atoms with E-state index in [9.17, 15) is 0 Å². The smallest absolute Gasteiger partial charge is 0.148 e. The van der Waals surface area contributed by atoms with Crippen LogP contribution < -0.4 is 0 Å². The molecule has 176 valence electrons. The van der Waals surface area contributed by atoms with Crippen molar-refractivity contribution < 1.29 is 26.7 Å². The number of aliphatic hydroxyl groups excluding tert-OH is 1. The molecule has 0 amide bonds. The summed E-state index contributed by atoms with van der Waals surface area (Å²) in [6, 6.07) is 12.5. The summed E-state index contributed by atoms with van der Waals surface area (Å²) >= 11 is 0. The first-order valence-corrected chi connectivity index (χ1v) is 14.1. The van der Waals surface area contributed by atoms with Crippen molar-refractivity contribution in [3.8, 4) is 0 Å². The van der Waals surface area contributed by atoms with E-state index in [1.54, 1.807) is 96.3 Å². The first kappa shape index (κ1) is 28.1. The summed E-state index contributed by atoms with van der Waals surface area (Å²) in [6.45, 7) is 1.28. The minimum atomic E-state index is -1.17. The monoisotopic (exact) mass is 478 g/mol. The van der Waals surface area contributed by atoms with Crippen LogP contribution in [0.2, 0.25) is 0 Å². The van der Waals surface area contributed by atoms with Gasteiger partial charge in [-0.3, -0.25) is 0 Å². The van der Waals surface area contributed by atoms with Gasteiger partial charge in [0.1, 0.15) is 6.29 Å². The molecule has 4 rings (SSSR count). The molecule has 30 heavy (non-hydrogen) atoms. The van der Waals surface area contributed by atoms with Crippen molar-refractivity contribution >= 4 is 7.92 Å². The fourth-order valence-corrected chi connectivity index (χ4v) is 10.9. The van der Waals surface area contributed by atoms with Gasteiger partial charge in [0.05, 0.1) is 17.0 Å². The van der Waals surface area contributed by atoms with E-state index >= 15 is 0 Å². The van der Waals surface area contributed by atoms with E-state index < -0.39 is 6.29 Å². The maximum atomic E-state index is 7.61. The van der Waals surface area contributed by atoms with Crippen molar-refractivity contribution in [2.45, 2.75) is 127 Å². The van der Waals surface area contributed by atoms with Gasteiger partial charge in [0.15, 0.2) is 0 Å². The van der Waals surface area contributed by atoms with E-state index in [-0.39, 0.29) is 24.4 Å². The third-order valence-corrected chi connectivity index (χ3v) is 11.4. The van der Waals surface area contributed by atoms with Crippen molar-refractivity contribution in [1.82, 2.24) is 0 Å².